The Labute approximate surface area is 119 Å². The number of carbonyl (C=O) groups excluding carboxylic acids is 1. The molecule has 0 aromatic heterocycles. The highest BCUT2D eigenvalue weighted by Gasteiger charge is 2.22. The second-order valence-electron chi connectivity index (χ2n) is 6.21. The molecule has 3 rings (SSSR count). The fraction of sp³-hybridized carbons (Fsp3) is 0.278. The predicted octanol–water partition coefficient (Wildman–Crippen LogP) is 4.21. The molecule has 0 atom stereocenters. The molecule has 0 bridgehead atoms. The molecular weight excluding hydrogens is 248 g/mol. The van der Waals surface area contributed by atoms with Gasteiger partial charge in [0.05, 0.1) is 5.56 Å². The maximum absolute atomic E-state index is 12.1. The summed E-state index contributed by atoms with van der Waals surface area (Å²) in [6.07, 6.45) is 0.891. The zero-order valence-electron chi connectivity index (χ0n) is 12.1. The maximum Gasteiger partial charge on any atom is 0.338 e. The van der Waals surface area contributed by atoms with Gasteiger partial charge in [-0.05, 0) is 61.6 Å². The third-order valence-corrected chi connectivity index (χ3v) is 3.43. The van der Waals surface area contributed by atoms with E-state index in [0.717, 1.165) is 6.42 Å². The molecule has 0 amide bonds. The summed E-state index contributed by atoms with van der Waals surface area (Å²) in [6, 6.07) is 14.2. The summed E-state index contributed by atoms with van der Waals surface area (Å²) in [4.78, 5) is 12.1. The highest BCUT2D eigenvalue weighted by Crippen LogP contribution is 2.36. The zero-order valence-corrected chi connectivity index (χ0v) is 12.1. The van der Waals surface area contributed by atoms with E-state index in [1.54, 1.807) is 0 Å². The predicted molar refractivity (Wildman–Crippen MR) is 79.9 cm³/mol. The molecule has 102 valence electrons. The van der Waals surface area contributed by atoms with Crippen molar-refractivity contribution in [2.45, 2.75) is 32.8 Å². The Hall–Kier alpha value is -2.09. The minimum Gasteiger partial charge on any atom is -0.456 e. The summed E-state index contributed by atoms with van der Waals surface area (Å²) in [5.41, 5.74) is 5.20. The van der Waals surface area contributed by atoms with Crippen molar-refractivity contribution < 1.29 is 9.53 Å². The van der Waals surface area contributed by atoms with Gasteiger partial charge in [-0.25, -0.2) is 4.79 Å². The van der Waals surface area contributed by atoms with Gasteiger partial charge in [0.25, 0.3) is 0 Å². The normalized spacial score (nSPS) is 12.8. The van der Waals surface area contributed by atoms with Gasteiger partial charge in [0.2, 0.25) is 0 Å². The van der Waals surface area contributed by atoms with Gasteiger partial charge in [0.1, 0.15) is 5.60 Å². The van der Waals surface area contributed by atoms with Gasteiger partial charge < -0.3 is 4.74 Å². The number of rotatable bonds is 1. The number of esters is 1. The zero-order chi connectivity index (χ0) is 14.3. The molecule has 0 N–H and O–H groups in total. The SMILES string of the molecule is CC(C)(C)OC(=O)c1ccc2c(c1)Cc1ccccc1-2. The summed E-state index contributed by atoms with van der Waals surface area (Å²) in [6.45, 7) is 5.65. The summed E-state index contributed by atoms with van der Waals surface area (Å²) in [7, 11) is 0. The first-order valence-electron chi connectivity index (χ1n) is 6.88. The first-order valence-corrected chi connectivity index (χ1v) is 6.88. The lowest BCUT2D eigenvalue weighted by molar-refractivity contribution is 0.00695. The minimum absolute atomic E-state index is 0.253. The minimum atomic E-state index is -0.459. The second kappa shape index (κ2) is 4.48. The van der Waals surface area contributed by atoms with E-state index in [1.165, 1.54) is 22.3 Å². The van der Waals surface area contributed by atoms with Crippen LogP contribution >= 0.6 is 0 Å². The third kappa shape index (κ3) is 2.34. The third-order valence-electron chi connectivity index (χ3n) is 3.43. The molecule has 20 heavy (non-hydrogen) atoms. The number of fused-ring (bicyclic) bond motifs is 3. The van der Waals surface area contributed by atoms with Gasteiger partial charge in [-0.1, -0.05) is 30.3 Å². The molecule has 2 nitrogen and oxygen atoms in total. The van der Waals surface area contributed by atoms with Crippen molar-refractivity contribution >= 4 is 5.97 Å². The molecule has 0 spiro atoms. The van der Waals surface area contributed by atoms with Crippen molar-refractivity contribution in [3.8, 4) is 11.1 Å². The quantitative estimate of drug-likeness (QED) is 0.617. The van der Waals surface area contributed by atoms with Crippen LogP contribution in [-0.2, 0) is 11.2 Å². The molecule has 0 unspecified atom stereocenters. The smallest absolute Gasteiger partial charge is 0.338 e. The van der Waals surface area contributed by atoms with Crippen molar-refractivity contribution in [1.29, 1.82) is 0 Å². The Bertz CT molecular complexity index is 678. The number of hydrogen-bond acceptors (Lipinski definition) is 2. The van der Waals surface area contributed by atoms with Crippen LogP contribution in [0.15, 0.2) is 42.5 Å². The van der Waals surface area contributed by atoms with Gasteiger partial charge in [-0.15, -0.1) is 0 Å². The van der Waals surface area contributed by atoms with E-state index >= 15 is 0 Å². The van der Waals surface area contributed by atoms with Crippen molar-refractivity contribution in [2.75, 3.05) is 0 Å². The molecule has 0 aliphatic heterocycles. The van der Waals surface area contributed by atoms with E-state index < -0.39 is 5.60 Å². The van der Waals surface area contributed by atoms with Crippen LogP contribution in [0.3, 0.4) is 0 Å². The molecular formula is C18H18O2. The molecule has 0 fully saturated rings. The summed E-state index contributed by atoms with van der Waals surface area (Å²) in [5.74, 6) is -0.253. The summed E-state index contributed by atoms with van der Waals surface area (Å²) < 4.78 is 5.42. The maximum atomic E-state index is 12.1. The van der Waals surface area contributed by atoms with Crippen LogP contribution in [0.25, 0.3) is 11.1 Å². The van der Waals surface area contributed by atoms with E-state index in [-0.39, 0.29) is 5.97 Å². The molecule has 2 aromatic carbocycles. The van der Waals surface area contributed by atoms with Gasteiger partial charge in [0.15, 0.2) is 0 Å². The van der Waals surface area contributed by atoms with Crippen LogP contribution < -0.4 is 0 Å². The lowest BCUT2D eigenvalue weighted by Crippen LogP contribution is -2.23. The molecule has 1 aliphatic carbocycles. The van der Waals surface area contributed by atoms with E-state index in [2.05, 4.69) is 24.3 Å². The van der Waals surface area contributed by atoms with Crippen LogP contribution in [0.5, 0.6) is 0 Å². The molecule has 0 saturated carbocycles. The Balaban J connectivity index is 1.93. The monoisotopic (exact) mass is 266 g/mol. The Morgan fingerprint density at radius 3 is 2.45 bits per heavy atom. The molecule has 2 heteroatoms. The number of hydrogen-bond donors (Lipinski definition) is 0. The first-order chi connectivity index (χ1) is 9.44. The average molecular weight is 266 g/mol. The van der Waals surface area contributed by atoms with E-state index in [0.29, 0.717) is 5.56 Å². The van der Waals surface area contributed by atoms with Gasteiger partial charge in [-0.3, -0.25) is 0 Å². The standard InChI is InChI=1S/C18H18O2/c1-18(2,3)20-17(19)13-8-9-16-14(11-13)10-12-6-4-5-7-15(12)16/h4-9,11H,10H2,1-3H3. The number of carbonyl (C=O) groups is 1. The van der Waals surface area contributed by atoms with Crippen molar-refractivity contribution in [3.63, 3.8) is 0 Å². The molecule has 1 aliphatic rings. The Kier molecular flexibility index (Phi) is 2.89. The van der Waals surface area contributed by atoms with E-state index in [1.807, 2.05) is 39.0 Å². The Morgan fingerprint density at radius 1 is 1.00 bits per heavy atom. The van der Waals surface area contributed by atoms with Gasteiger partial charge in [0, 0.05) is 0 Å². The second-order valence-corrected chi connectivity index (χ2v) is 6.21. The van der Waals surface area contributed by atoms with Crippen molar-refractivity contribution in [2.24, 2.45) is 0 Å². The van der Waals surface area contributed by atoms with E-state index in [4.69, 9.17) is 4.74 Å². The number of ether oxygens (including phenoxy) is 1. The molecule has 0 saturated heterocycles. The highest BCUT2D eigenvalue weighted by molar-refractivity contribution is 5.91. The van der Waals surface area contributed by atoms with Crippen molar-refractivity contribution in [1.82, 2.24) is 0 Å². The van der Waals surface area contributed by atoms with Crippen LogP contribution in [0, 0.1) is 0 Å². The highest BCUT2D eigenvalue weighted by atomic mass is 16.6. The van der Waals surface area contributed by atoms with E-state index in [9.17, 15) is 4.79 Å². The number of benzene rings is 2. The van der Waals surface area contributed by atoms with Crippen LogP contribution in [-0.4, -0.2) is 11.6 Å². The van der Waals surface area contributed by atoms with Crippen LogP contribution in [0.1, 0.15) is 42.3 Å². The lowest BCUT2D eigenvalue weighted by atomic mass is 10.0. The topological polar surface area (TPSA) is 26.3 Å². The summed E-state index contributed by atoms with van der Waals surface area (Å²) in [5, 5.41) is 0. The Morgan fingerprint density at radius 2 is 1.70 bits per heavy atom. The van der Waals surface area contributed by atoms with Crippen molar-refractivity contribution in [3.05, 3.63) is 59.2 Å². The van der Waals surface area contributed by atoms with Gasteiger partial charge >= 0.3 is 5.97 Å². The first kappa shape index (κ1) is 12.9. The lowest BCUT2D eigenvalue weighted by Gasteiger charge is -2.19. The average Bonchev–Trinajstić information content (AvgIpc) is 2.74. The largest absolute Gasteiger partial charge is 0.456 e. The fourth-order valence-corrected chi connectivity index (χ4v) is 2.61. The van der Waals surface area contributed by atoms with Crippen LogP contribution in [0.4, 0.5) is 0 Å². The van der Waals surface area contributed by atoms with Crippen LogP contribution in [0.2, 0.25) is 0 Å². The molecule has 0 radical (unpaired) electrons. The fourth-order valence-electron chi connectivity index (χ4n) is 2.61. The summed E-state index contributed by atoms with van der Waals surface area (Å²) >= 11 is 0. The molecule has 0 heterocycles. The molecule has 2 aromatic rings. The van der Waals surface area contributed by atoms with Gasteiger partial charge in [-0.2, -0.15) is 0 Å².